The van der Waals surface area contributed by atoms with Crippen molar-refractivity contribution in [2.24, 2.45) is 0 Å². The van der Waals surface area contributed by atoms with Crippen molar-refractivity contribution < 1.29 is 4.39 Å². The maximum atomic E-state index is 13.1. The average Bonchev–Trinajstić information content (AvgIpc) is 2.36. The highest BCUT2D eigenvalue weighted by molar-refractivity contribution is 9.10. The van der Waals surface area contributed by atoms with E-state index in [-0.39, 0.29) is 5.82 Å². The number of rotatable bonds is 2. The molecule has 2 aromatic rings. The number of nitrogens with zero attached hydrogens (tertiary/aromatic N) is 1. The Hall–Kier alpha value is -2.06. The first-order valence-corrected chi connectivity index (χ1v) is 5.91. The Kier molecular flexibility index (Phi) is 3.49. The molecule has 0 aliphatic heterocycles. The fourth-order valence-electron chi connectivity index (χ4n) is 1.47. The van der Waals surface area contributed by atoms with Gasteiger partial charge in [0.15, 0.2) is 0 Å². The molecule has 0 spiro atoms. The zero-order chi connectivity index (χ0) is 13.1. The van der Waals surface area contributed by atoms with Gasteiger partial charge in [0.2, 0.25) is 0 Å². The molecule has 0 aromatic heterocycles. The second-order valence-corrected chi connectivity index (χ2v) is 4.52. The largest absolute Gasteiger partial charge is 0.397 e. The molecule has 90 valence electrons. The topological polar surface area (TPSA) is 61.8 Å². The van der Waals surface area contributed by atoms with Crippen LogP contribution < -0.4 is 11.1 Å². The van der Waals surface area contributed by atoms with Crippen LogP contribution in [0.4, 0.5) is 21.5 Å². The van der Waals surface area contributed by atoms with Crippen molar-refractivity contribution in [3.05, 3.63) is 52.3 Å². The summed E-state index contributed by atoms with van der Waals surface area (Å²) in [6, 6.07) is 11.2. The van der Waals surface area contributed by atoms with E-state index in [9.17, 15) is 4.39 Å². The van der Waals surface area contributed by atoms with E-state index in [0.717, 1.165) is 0 Å². The van der Waals surface area contributed by atoms with Crippen molar-refractivity contribution in [2.75, 3.05) is 11.1 Å². The highest BCUT2D eigenvalue weighted by atomic mass is 79.9. The molecule has 18 heavy (non-hydrogen) atoms. The molecule has 3 N–H and O–H groups in total. The van der Waals surface area contributed by atoms with E-state index in [1.54, 1.807) is 18.2 Å². The maximum absolute atomic E-state index is 13.1. The summed E-state index contributed by atoms with van der Waals surface area (Å²) < 4.78 is 13.8. The van der Waals surface area contributed by atoms with Crippen molar-refractivity contribution >= 4 is 33.0 Å². The van der Waals surface area contributed by atoms with E-state index in [1.165, 1.54) is 18.2 Å². The number of nitrogens with one attached hydrogen (secondary N) is 1. The number of benzene rings is 2. The monoisotopic (exact) mass is 305 g/mol. The summed E-state index contributed by atoms with van der Waals surface area (Å²) >= 11 is 3.34. The van der Waals surface area contributed by atoms with Gasteiger partial charge >= 0.3 is 0 Å². The van der Waals surface area contributed by atoms with Gasteiger partial charge in [0, 0.05) is 4.47 Å². The van der Waals surface area contributed by atoms with Gasteiger partial charge in [-0.25, -0.2) is 4.39 Å². The number of nitrogens with two attached hydrogens (primary N) is 1. The minimum absolute atomic E-state index is 0.364. The molecule has 0 atom stereocenters. The Balaban J connectivity index is 2.34. The molecule has 2 aromatic carbocycles. The standard InChI is InChI=1S/C13H9BrFN3/c14-10-5-8(7-16)1-4-12(10)18-13-6-9(15)2-3-11(13)17/h1-6,18H,17H2. The molecule has 0 bridgehead atoms. The van der Waals surface area contributed by atoms with Crippen LogP contribution >= 0.6 is 15.9 Å². The van der Waals surface area contributed by atoms with Crippen molar-refractivity contribution in [3.8, 4) is 6.07 Å². The van der Waals surface area contributed by atoms with Gasteiger partial charge in [0.25, 0.3) is 0 Å². The first kappa shape index (κ1) is 12.4. The van der Waals surface area contributed by atoms with Crippen molar-refractivity contribution in [2.45, 2.75) is 0 Å². The van der Waals surface area contributed by atoms with E-state index in [4.69, 9.17) is 11.0 Å². The van der Waals surface area contributed by atoms with Crippen LogP contribution in [0.15, 0.2) is 40.9 Å². The Morgan fingerprint density at radius 1 is 1.17 bits per heavy atom. The lowest BCUT2D eigenvalue weighted by Gasteiger charge is -2.11. The van der Waals surface area contributed by atoms with Crippen molar-refractivity contribution in [1.29, 1.82) is 5.26 Å². The number of nitrogen functional groups attached to an aromatic ring is 1. The third-order valence-electron chi connectivity index (χ3n) is 2.38. The molecule has 3 nitrogen and oxygen atoms in total. The summed E-state index contributed by atoms with van der Waals surface area (Å²) in [6.45, 7) is 0. The van der Waals surface area contributed by atoms with Crippen LogP contribution in [0.25, 0.3) is 0 Å². The quantitative estimate of drug-likeness (QED) is 0.830. The summed E-state index contributed by atoms with van der Waals surface area (Å²) in [4.78, 5) is 0. The zero-order valence-corrected chi connectivity index (χ0v) is 10.8. The summed E-state index contributed by atoms with van der Waals surface area (Å²) in [5, 5.41) is 11.8. The molecular formula is C13H9BrFN3. The predicted octanol–water partition coefficient (Wildman–Crippen LogP) is 3.79. The molecule has 2 rings (SSSR count). The third-order valence-corrected chi connectivity index (χ3v) is 3.04. The van der Waals surface area contributed by atoms with Crippen LogP contribution in [0, 0.1) is 17.1 Å². The van der Waals surface area contributed by atoms with E-state index < -0.39 is 0 Å². The van der Waals surface area contributed by atoms with E-state index in [1.807, 2.05) is 6.07 Å². The first-order chi connectivity index (χ1) is 8.60. The van der Waals surface area contributed by atoms with Crippen LogP contribution in [0.5, 0.6) is 0 Å². The zero-order valence-electron chi connectivity index (χ0n) is 9.24. The molecule has 0 aliphatic carbocycles. The third kappa shape index (κ3) is 2.60. The number of anilines is 3. The predicted molar refractivity (Wildman–Crippen MR) is 73.0 cm³/mol. The number of nitriles is 1. The molecule has 0 saturated carbocycles. The highest BCUT2D eigenvalue weighted by Crippen LogP contribution is 2.29. The lowest BCUT2D eigenvalue weighted by Crippen LogP contribution is -1.97. The van der Waals surface area contributed by atoms with Gasteiger partial charge in [0.05, 0.1) is 28.7 Å². The van der Waals surface area contributed by atoms with Crippen molar-refractivity contribution in [3.63, 3.8) is 0 Å². The minimum Gasteiger partial charge on any atom is -0.397 e. The van der Waals surface area contributed by atoms with Gasteiger partial charge in [-0.1, -0.05) is 0 Å². The molecule has 0 radical (unpaired) electrons. The van der Waals surface area contributed by atoms with Gasteiger partial charge < -0.3 is 11.1 Å². The van der Waals surface area contributed by atoms with Crippen LogP contribution in [-0.2, 0) is 0 Å². The lowest BCUT2D eigenvalue weighted by molar-refractivity contribution is 0.628. The summed E-state index contributed by atoms with van der Waals surface area (Å²) in [5.74, 6) is -0.364. The molecule has 0 fully saturated rings. The van der Waals surface area contributed by atoms with Crippen LogP contribution in [0.2, 0.25) is 0 Å². The summed E-state index contributed by atoms with van der Waals surface area (Å²) in [6.07, 6.45) is 0. The van der Waals surface area contributed by atoms with Crippen LogP contribution in [0.1, 0.15) is 5.56 Å². The molecule has 0 aliphatic rings. The van der Waals surface area contributed by atoms with Gasteiger partial charge in [-0.3, -0.25) is 0 Å². The van der Waals surface area contributed by atoms with Gasteiger partial charge in [-0.15, -0.1) is 0 Å². The number of halogens is 2. The Morgan fingerprint density at radius 2 is 1.94 bits per heavy atom. The van der Waals surface area contributed by atoms with Crippen LogP contribution in [0.3, 0.4) is 0 Å². The molecule has 0 heterocycles. The average molecular weight is 306 g/mol. The van der Waals surface area contributed by atoms with E-state index in [0.29, 0.717) is 27.1 Å². The van der Waals surface area contributed by atoms with Gasteiger partial charge in [-0.2, -0.15) is 5.26 Å². The first-order valence-electron chi connectivity index (χ1n) is 5.12. The fraction of sp³-hybridized carbons (Fsp3) is 0. The molecular weight excluding hydrogens is 297 g/mol. The Bertz CT molecular complexity index is 635. The molecule has 5 heteroatoms. The molecule has 0 saturated heterocycles. The molecule has 0 amide bonds. The Morgan fingerprint density at radius 3 is 2.61 bits per heavy atom. The smallest absolute Gasteiger partial charge is 0.125 e. The fourth-order valence-corrected chi connectivity index (χ4v) is 1.95. The lowest BCUT2D eigenvalue weighted by atomic mass is 10.2. The number of hydrogen-bond acceptors (Lipinski definition) is 3. The molecule has 0 unspecified atom stereocenters. The normalized spacial score (nSPS) is 9.83. The maximum Gasteiger partial charge on any atom is 0.125 e. The number of hydrogen-bond donors (Lipinski definition) is 2. The second-order valence-electron chi connectivity index (χ2n) is 3.66. The summed E-state index contributed by atoms with van der Waals surface area (Å²) in [5.41, 5.74) is 7.94. The van der Waals surface area contributed by atoms with Crippen LogP contribution in [-0.4, -0.2) is 0 Å². The second kappa shape index (κ2) is 5.07. The van der Waals surface area contributed by atoms with Gasteiger partial charge in [-0.05, 0) is 52.3 Å². The highest BCUT2D eigenvalue weighted by Gasteiger charge is 2.05. The Labute approximate surface area is 112 Å². The van der Waals surface area contributed by atoms with Crippen molar-refractivity contribution in [1.82, 2.24) is 0 Å². The SMILES string of the molecule is N#Cc1ccc(Nc2cc(F)ccc2N)c(Br)c1. The minimum atomic E-state index is -0.364. The van der Waals surface area contributed by atoms with E-state index in [2.05, 4.69) is 21.2 Å². The summed E-state index contributed by atoms with van der Waals surface area (Å²) in [7, 11) is 0. The van der Waals surface area contributed by atoms with Gasteiger partial charge in [0.1, 0.15) is 5.82 Å². The van der Waals surface area contributed by atoms with E-state index >= 15 is 0 Å².